The van der Waals surface area contributed by atoms with Gasteiger partial charge in [-0.25, -0.2) is 4.98 Å². The molecule has 1 N–H and O–H groups in total. The summed E-state index contributed by atoms with van der Waals surface area (Å²) in [5.41, 5.74) is 3.58. The van der Waals surface area contributed by atoms with Crippen LogP contribution in [0.2, 0.25) is 0 Å². The number of halogens is 2. The van der Waals surface area contributed by atoms with E-state index >= 15 is 0 Å². The summed E-state index contributed by atoms with van der Waals surface area (Å²) in [6.45, 7) is 0. The van der Waals surface area contributed by atoms with E-state index in [1.807, 2.05) is 35.7 Å². The number of aromatic nitrogens is 1. The zero-order valence-corrected chi connectivity index (χ0v) is 15.3. The molecule has 4 nitrogen and oxygen atoms in total. The summed E-state index contributed by atoms with van der Waals surface area (Å²) in [5, 5.41) is 3.63. The van der Waals surface area contributed by atoms with Crippen LogP contribution in [0, 0.1) is 0 Å². The van der Waals surface area contributed by atoms with E-state index in [1.165, 1.54) is 12.8 Å². The average molecular weight is 374 g/mol. The largest absolute Gasteiger partial charge is 0.339 e. The molecule has 0 aliphatic carbocycles. The summed E-state index contributed by atoms with van der Waals surface area (Å²) >= 11 is 1.59. The maximum atomic E-state index is 12.7. The summed E-state index contributed by atoms with van der Waals surface area (Å²) in [6, 6.07) is 7.39. The van der Waals surface area contributed by atoms with Crippen LogP contribution in [0.1, 0.15) is 36.0 Å². The molecule has 1 aromatic carbocycles. The van der Waals surface area contributed by atoms with Crippen LogP contribution in [-0.4, -0.2) is 41.0 Å². The van der Waals surface area contributed by atoms with E-state index in [9.17, 15) is 4.79 Å². The summed E-state index contributed by atoms with van der Waals surface area (Å²) < 4.78 is 1.08. The van der Waals surface area contributed by atoms with Crippen molar-refractivity contribution < 1.29 is 4.79 Å². The van der Waals surface area contributed by atoms with Crippen molar-refractivity contribution >= 4 is 52.3 Å². The Labute approximate surface area is 152 Å². The van der Waals surface area contributed by atoms with Crippen LogP contribution in [0.3, 0.4) is 0 Å². The molecular weight excluding hydrogens is 353 g/mol. The minimum atomic E-state index is 0. The van der Waals surface area contributed by atoms with E-state index in [1.54, 1.807) is 11.3 Å². The van der Waals surface area contributed by atoms with Crippen molar-refractivity contribution in [3.05, 3.63) is 29.3 Å². The monoisotopic (exact) mass is 373 g/mol. The summed E-state index contributed by atoms with van der Waals surface area (Å²) in [6.07, 6.45) is 4.69. The highest BCUT2D eigenvalue weighted by Gasteiger charge is 2.36. The normalized spacial score (nSPS) is 25.5. The van der Waals surface area contributed by atoms with Gasteiger partial charge in [0.25, 0.3) is 5.91 Å². The lowest BCUT2D eigenvalue weighted by Gasteiger charge is -2.35. The van der Waals surface area contributed by atoms with Crippen molar-refractivity contribution in [3.63, 3.8) is 0 Å². The molecule has 0 saturated carbocycles. The maximum absolute atomic E-state index is 12.7. The predicted octanol–water partition coefficient (Wildman–Crippen LogP) is 3.49. The Morgan fingerprint density at radius 2 is 1.96 bits per heavy atom. The van der Waals surface area contributed by atoms with E-state index in [-0.39, 0.29) is 30.7 Å². The van der Waals surface area contributed by atoms with Gasteiger partial charge in [-0.05, 0) is 43.9 Å². The third-order valence-electron chi connectivity index (χ3n) is 4.89. The molecule has 2 unspecified atom stereocenters. The zero-order chi connectivity index (χ0) is 14.4. The van der Waals surface area contributed by atoms with Crippen LogP contribution in [0.25, 0.3) is 10.2 Å². The van der Waals surface area contributed by atoms with Gasteiger partial charge in [-0.2, -0.15) is 0 Å². The number of nitrogens with one attached hydrogen (secondary N) is 1. The Kier molecular flexibility index (Phi) is 5.89. The van der Waals surface area contributed by atoms with Gasteiger partial charge in [0.05, 0.1) is 15.7 Å². The van der Waals surface area contributed by atoms with Gasteiger partial charge in [0.1, 0.15) is 0 Å². The second-order valence-electron chi connectivity index (χ2n) is 6.21. The van der Waals surface area contributed by atoms with E-state index < -0.39 is 0 Å². The Balaban J connectivity index is 0.000000960. The van der Waals surface area contributed by atoms with E-state index in [4.69, 9.17) is 0 Å². The third kappa shape index (κ3) is 3.48. The number of nitrogens with zero attached hydrogens (tertiary/aromatic N) is 2. The van der Waals surface area contributed by atoms with Crippen LogP contribution in [0.15, 0.2) is 23.7 Å². The zero-order valence-electron chi connectivity index (χ0n) is 12.9. The number of carbonyl (C=O) groups excluding carboxylic acids is 1. The smallest absolute Gasteiger partial charge is 0.253 e. The van der Waals surface area contributed by atoms with E-state index in [0.717, 1.165) is 28.6 Å². The highest BCUT2D eigenvalue weighted by molar-refractivity contribution is 7.16. The first-order chi connectivity index (χ1) is 10.2. The quantitative estimate of drug-likeness (QED) is 0.875. The molecule has 7 heteroatoms. The maximum Gasteiger partial charge on any atom is 0.253 e. The molecular formula is C16H21Cl2N3OS. The number of amides is 1. The summed E-state index contributed by atoms with van der Waals surface area (Å²) in [7, 11) is 1.95. The fraction of sp³-hybridized carbons (Fsp3) is 0.500. The van der Waals surface area contributed by atoms with Crippen molar-refractivity contribution in [1.82, 2.24) is 15.2 Å². The Morgan fingerprint density at radius 3 is 2.65 bits per heavy atom. The lowest BCUT2D eigenvalue weighted by atomic mass is 9.98. The highest BCUT2D eigenvalue weighted by Crippen LogP contribution is 2.30. The van der Waals surface area contributed by atoms with Crippen molar-refractivity contribution in [3.8, 4) is 0 Å². The molecule has 2 atom stereocenters. The van der Waals surface area contributed by atoms with Gasteiger partial charge in [0.15, 0.2) is 0 Å². The molecule has 2 aliphatic rings. The van der Waals surface area contributed by atoms with Crippen molar-refractivity contribution in [2.75, 3.05) is 7.05 Å². The Morgan fingerprint density at radius 1 is 1.26 bits per heavy atom. The molecule has 2 aromatic rings. The molecule has 0 radical (unpaired) electrons. The predicted molar refractivity (Wildman–Crippen MR) is 99.2 cm³/mol. The lowest BCUT2D eigenvalue weighted by Crippen LogP contribution is -2.48. The number of piperidine rings is 1. The van der Waals surface area contributed by atoms with Gasteiger partial charge in [0, 0.05) is 30.7 Å². The first kappa shape index (κ1) is 18.5. The van der Waals surface area contributed by atoms with Gasteiger partial charge >= 0.3 is 0 Å². The van der Waals surface area contributed by atoms with Crippen molar-refractivity contribution in [1.29, 1.82) is 0 Å². The molecule has 2 bridgehead atoms. The fourth-order valence-corrected chi connectivity index (χ4v) is 4.42. The third-order valence-corrected chi connectivity index (χ3v) is 5.69. The minimum Gasteiger partial charge on any atom is -0.339 e. The van der Waals surface area contributed by atoms with Gasteiger partial charge in [-0.1, -0.05) is 0 Å². The van der Waals surface area contributed by atoms with Crippen LogP contribution in [0.5, 0.6) is 0 Å². The van der Waals surface area contributed by atoms with Crippen LogP contribution < -0.4 is 5.32 Å². The number of thiazole rings is 1. The topological polar surface area (TPSA) is 45.2 Å². The van der Waals surface area contributed by atoms with Crippen LogP contribution in [0.4, 0.5) is 0 Å². The molecule has 1 aromatic heterocycles. The van der Waals surface area contributed by atoms with E-state index in [2.05, 4.69) is 10.3 Å². The van der Waals surface area contributed by atoms with Crippen molar-refractivity contribution in [2.24, 2.45) is 0 Å². The molecule has 1 amide bonds. The summed E-state index contributed by atoms with van der Waals surface area (Å²) in [4.78, 5) is 19.0. The van der Waals surface area contributed by atoms with Gasteiger partial charge in [-0.3, -0.25) is 4.79 Å². The Hall–Kier alpha value is -0.880. The lowest BCUT2D eigenvalue weighted by molar-refractivity contribution is 0.0682. The number of benzene rings is 1. The second-order valence-corrected chi connectivity index (χ2v) is 7.10. The van der Waals surface area contributed by atoms with Crippen LogP contribution in [-0.2, 0) is 0 Å². The molecule has 126 valence electrons. The molecule has 3 heterocycles. The highest BCUT2D eigenvalue weighted by atomic mass is 35.5. The average Bonchev–Trinajstić information content (AvgIpc) is 3.11. The van der Waals surface area contributed by atoms with Gasteiger partial charge in [-0.15, -0.1) is 36.2 Å². The Bertz CT molecular complexity index is 681. The SMILES string of the molecule is CN(C(=O)c1ccc2ncsc2c1)C1CC2CCC(C1)N2.Cl.Cl. The van der Waals surface area contributed by atoms with Gasteiger partial charge < -0.3 is 10.2 Å². The number of hydrogen-bond donors (Lipinski definition) is 1. The molecule has 23 heavy (non-hydrogen) atoms. The van der Waals surface area contributed by atoms with Crippen molar-refractivity contribution in [2.45, 2.75) is 43.8 Å². The fourth-order valence-electron chi connectivity index (χ4n) is 3.70. The van der Waals surface area contributed by atoms with E-state index in [0.29, 0.717) is 18.1 Å². The molecule has 4 rings (SSSR count). The summed E-state index contributed by atoms with van der Waals surface area (Å²) in [5.74, 6) is 0.136. The number of rotatable bonds is 2. The standard InChI is InChI=1S/C16H19N3OS.2ClH/c1-19(13-7-11-3-4-12(8-13)18-11)16(20)10-2-5-14-15(6-10)21-9-17-14;;/h2,5-6,9,11-13,18H,3-4,7-8H2,1H3;2*1H. The number of hydrogen-bond acceptors (Lipinski definition) is 4. The number of fused-ring (bicyclic) bond motifs is 3. The first-order valence-electron chi connectivity index (χ1n) is 7.57. The molecule has 0 spiro atoms. The minimum absolute atomic E-state index is 0. The second kappa shape index (κ2) is 7.34. The first-order valence-corrected chi connectivity index (χ1v) is 8.45. The molecule has 2 aliphatic heterocycles. The van der Waals surface area contributed by atoms with Crippen LogP contribution >= 0.6 is 36.2 Å². The molecule has 2 fully saturated rings. The number of carbonyl (C=O) groups is 1. The molecule has 2 saturated heterocycles. The van der Waals surface area contributed by atoms with Gasteiger partial charge in [0.2, 0.25) is 0 Å².